The zero-order chi connectivity index (χ0) is 16.3. The average molecular weight is 327 g/mol. The molecule has 0 radical (unpaired) electrons. The SMILES string of the molecule is CCOP(=O)(OCC)Oc1ccc2c(c1)C(=O)N(CC)C2=O. The van der Waals surface area contributed by atoms with Crippen LogP contribution in [0.4, 0.5) is 0 Å². The van der Waals surface area contributed by atoms with Crippen molar-refractivity contribution in [3.63, 3.8) is 0 Å². The first-order valence-corrected chi connectivity index (χ1v) is 8.50. The third-order valence-corrected chi connectivity index (χ3v) is 4.63. The highest BCUT2D eigenvalue weighted by atomic mass is 31.2. The largest absolute Gasteiger partial charge is 0.530 e. The Morgan fingerprint density at radius 3 is 2.14 bits per heavy atom. The van der Waals surface area contributed by atoms with E-state index in [9.17, 15) is 14.2 Å². The number of rotatable bonds is 7. The Morgan fingerprint density at radius 2 is 1.59 bits per heavy atom. The van der Waals surface area contributed by atoms with Crippen molar-refractivity contribution in [1.29, 1.82) is 0 Å². The molecule has 0 N–H and O–H groups in total. The summed E-state index contributed by atoms with van der Waals surface area (Å²) >= 11 is 0. The fourth-order valence-corrected chi connectivity index (χ4v) is 3.33. The summed E-state index contributed by atoms with van der Waals surface area (Å²) in [5.74, 6) is -0.578. The second-order valence-electron chi connectivity index (χ2n) is 4.44. The summed E-state index contributed by atoms with van der Waals surface area (Å²) in [7, 11) is -3.73. The zero-order valence-corrected chi connectivity index (χ0v) is 13.6. The lowest BCUT2D eigenvalue weighted by Gasteiger charge is -2.17. The van der Waals surface area contributed by atoms with Gasteiger partial charge in [0.25, 0.3) is 11.8 Å². The van der Waals surface area contributed by atoms with Gasteiger partial charge in [-0.15, -0.1) is 0 Å². The van der Waals surface area contributed by atoms with Crippen LogP contribution in [0.15, 0.2) is 18.2 Å². The van der Waals surface area contributed by atoms with Crippen molar-refractivity contribution in [2.75, 3.05) is 19.8 Å². The monoisotopic (exact) mass is 327 g/mol. The van der Waals surface area contributed by atoms with Crippen LogP contribution in [-0.4, -0.2) is 36.5 Å². The van der Waals surface area contributed by atoms with Crippen molar-refractivity contribution in [3.05, 3.63) is 29.3 Å². The van der Waals surface area contributed by atoms with Crippen LogP contribution < -0.4 is 4.52 Å². The maximum absolute atomic E-state index is 12.3. The number of hydrogen-bond acceptors (Lipinski definition) is 6. The summed E-state index contributed by atoms with van der Waals surface area (Å²) in [6.07, 6.45) is 0. The Labute approximate surface area is 128 Å². The number of carbonyl (C=O) groups excluding carboxylic acids is 2. The first kappa shape index (κ1) is 16.7. The van der Waals surface area contributed by atoms with E-state index in [2.05, 4.69) is 0 Å². The molecule has 2 rings (SSSR count). The number of phosphoric ester groups is 1. The fourth-order valence-electron chi connectivity index (χ4n) is 2.15. The lowest BCUT2D eigenvalue weighted by atomic mass is 10.1. The number of amides is 2. The molecule has 8 heteroatoms. The topological polar surface area (TPSA) is 82.1 Å². The van der Waals surface area contributed by atoms with Crippen LogP contribution in [0, 0.1) is 0 Å². The summed E-state index contributed by atoms with van der Waals surface area (Å²) in [4.78, 5) is 25.3. The third-order valence-electron chi connectivity index (χ3n) is 3.05. The van der Waals surface area contributed by atoms with E-state index in [4.69, 9.17) is 13.6 Å². The van der Waals surface area contributed by atoms with Gasteiger partial charge in [0.1, 0.15) is 5.75 Å². The molecule has 1 aromatic rings. The number of hydrogen-bond donors (Lipinski definition) is 0. The molecule has 1 aliphatic heterocycles. The van der Waals surface area contributed by atoms with Crippen LogP contribution in [-0.2, 0) is 13.6 Å². The molecule has 0 saturated carbocycles. The Kier molecular flexibility index (Phi) is 5.01. The van der Waals surface area contributed by atoms with Gasteiger partial charge in [-0.1, -0.05) is 0 Å². The molecule has 1 heterocycles. The molecule has 0 fully saturated rings. The fraction of sp³-hybridized carbons (Fsp3) is 0.429. The average Bonchev–Trinajstić information content (AvgIpc) is 2.70. The summed E-state index contributed by atoms with van der Waals surface area (Å²) < 4.78 is 27.7. The number of nitrogens with zero attached hydrogens (tertiary/aromatic N) is 1. The molecule has 0 bridgehead atoms. The van der Waals surface area contributed by atoms with Gasteiger partial charge in [-0.05, 0) is 39.0 Å². The molecule has 1 aromatic carbocycles. The predicted octanol–water partition coefficient (Wildman–Crippen LogP) is 2.86. The van der Waals surface area contributed by atoms with Crippen LogP contribution in [0.2, 0.25) is 0 Å². The van der Waals surface area contributed by atoms with Crippen LogP contribution in [0.1, 0.15) is 41.5 Å². The Bertz CT molecular complexity index is 634. The van der Waals surface area contributed by atoms with Crippen molar-refractivity contribution in [2.45, 2.75) is 20.8 Å². The molecule has 0 aliphatic carbocycles. The van der Waals surface area contributed by atoms with E-state index in [1.165, 1.54) is 18.2 Å². The van der Waals surface area contributed by atoms with Crippen LogP contribution in [0.25, 0.3) is 0 Å². The maximum atomic E-state index is 12.3. The van der Waals surface area contributed by atoms with E-state index >= 15 is 0 Å². The van der Waals surface area contributed by atoms with Gasteiger partial charge in [0.2, 0.25) is 0 Å². The van der Waals surface area contributed by atoms with Crippen molar-refractivity contribution in [3.8, 4) is 5.75 Å². The minimum Gasteiger partial charge on any atom is -0.404 e. The molecular weight excluding hydrogens is 309 g/mol. The third kappa shape index (κ3) is 3.06. The molecule has 7 nitrogen and oxygen atoms in total. The standard InChI is InChI=1S/C14H18NO6P/c1-4-15-13(16)11-8-7-10(9-12(11)14(15)17)21-22(18,19-5-2)20-6-3/h7-9H,4-6H2,1-3H3. The molecule has 2 amide bonds. The number of fused-ring (bicyclic) bond motifs is 1. The van der Waals surface area contributed by atoms with Crippen LogP contribution >= 0.6 is 7.82 Å². The summed E-state index contributed by atoms with van der Waals surface area (Å²) in [5.41, 5.74) is 0.533. The van der Waals surface area contributed by atoms with Crippen molar-refractivity contribution in [1.82, 2.24) is 4.90 Å². The molecule has 0 atom stereocenters. The Balaban J connectivity index is 2.30. The highest BCUT2D eigenvalue weighted by Crippen LogP contribution is 2.49. The minimum absolute atomic E-state index is 0.156. The smallest absolute Gasteiger partial charge is 0.404 e. The Morgan fingerprint density at radius 1 is 1.00 bits per heavy atom. The molecule has 120 valence electrons. The van der Waals surface area contributed by atoms with Crippen molar-refractivity contribution >= 4 is 19.6 Å². The number of carbonyl (C=O) groups is 2. The summed E-state index contributed by atoms with van der Waals surface area (Å²) in [5, 5.41) is 0. The van der Waals surface area contributed by atoms with Crippen molar-refractivity contribution in [2.24, 2.45) is 0 Å². The van der Waals surface area contributed by atoms with Gasteiger partial charge in [0.15, 0.2) is 0 Å². The second-order valence-corrected chi connectivity index (χ2v) is 6.03. The van der Waals surface area contributed by atoms with E-state index in [0.29, 0.717) is 12.1 Å². The highest BCUT2D eigenvalue weighted by molar-refractivity contribution is 7.48. The zero-order valence-electron chi connectivity index (χ0n) is 12.7. The molecule has 0 unspecified atom stereocenters. The van der Waals surface area contributed by atoms with E-state index in [-0.39, 0.29) is 30.4 Å². The highest BCUT2D eigenvalue weighted by Gasteiger charge is 2.35. The lowest BCUT2D eigenvalue weighted by Crippen LogP contribution is -2.29. The van der Waals surface area contributed by atoms with Crippen LogP contribution in [0.3, 0.4) is 0 Å². The summed E-state index contributed by atoms with van der Waals surface area (Å²) in [6, 6.07) is 4.33. The van der Waals surface area contributed by atoms with E-state index < -0.39 is 13.7 Å². The molecule has 22 heavy (non-hydrogen) atoms. The van der Waals surface area contributed by atoms with Gasteiger partial charge in [0, 0.05) is 6.54 Å². The summed E-state index contributed by atoms with van der Waals surface area (Å²) in [6.45, 7) is 5.65. The second kappa shape index (κ2) is 6.60. The van der Waals surface area contributed by atoms with Gasteiger partial charge >= 0.3 is 7.82 Å². The number of benzene rings is 1. The quantitative estimate of drug-likeness (QED) is 0.566. The molecule has 1 aliphatic rings. The Hall–Kier alpha value is -1.69. The van der Waals surface area contributed by atoms with E-state index in [1.807, 2.05) is 0 Å². The van der Waals surface area contributed by atoms with Gasteiger partial charge in [-0.3, -0.25) is 23.5 Å². The van der Waals surface area contributed by atoms with Gasteiger partial charge in [-0.25, -0.2) is 4.57 Å². The molecule has 0 aromatic heterocycles. The van der Waals surface area contributed by atoms with E-state index in [1.54, 1.807) is 20.8 Å². The van der Waals surface area contributed by atoms with Crippen LogP contribution in [0.5, 0.6) is 5.75 Å². The first-order chi connectivity index (χ1) is 10.5. The van der Waals surface area contributed by atoms with E-state index in [0.717, 1.165) is 4.90 Å². The first-order valence-electron chi connectivity index (χ1n) is 7.04. The van der Waals surface area contributed by atoms with Gasteiger partial charge in [-0.2, -0.15) is 0 Å². The normalized spacial score (nSPS) is 14.4. The van der Waals surface area contributed by atoms with Gasteiger partial charge < -0.3 is 4.52 Å². The number of imide groups is 1. The van der Waals surface area contributed by atoms with Crippen molar-refractivity contribution < 1.29 is 27.7 Å². The molecular formula is C14H18NO6P. The molecule has 0 saturated heterocycles. The number of phosphoric acid groups is 1. The predicted molar refractivity (Wildman–Crippen MR) is 79.0 cm³/mol. The minimum atomic E-state index is -3.73. The maximum Gasteiger partial charge on any atom is 0.530 e. The van der Waals surface area contributed by atoms with Gasteiger partial charge in [0.05, 0.1) is 24.3 Å². The molecule has 0 spiro atoms. The lowest BCUT2D eigenvalue weighted by molar-refractivity contribution is 0.0662.